The second-order valence-corrected chi connectivity index (χ2v) is 4.28. The van der Waals surface area contributed by atoms with Gasteiger partial charge in [0.05, 0.1) is 6.61 Å². The quantitative estimate of drug-likeness (QED) is 0.785. The highest BCUT2D eigenvalue weighted by molar-refractivity contribution is 5.47. The number of hydrogen-bond donors (Lipinski definition) is 1. The fraction of sp³-hybridized carbons (Fsp3) is 0.571. The number of benzene rings is 1. The average molecular weight is 221 g/mol. The molecule has 1 aromatic carbocycles. The second kappa shape index (κ2) is 6.41. The summed E-state index contributed by atoms with van der Waals surface area (Å²) >= 11 is 0. The molecule has 16 heavy (non-hydrogen) atoms. The fourth-order valence-corrected chi connectivity index (χ4v) is 1.57. The van der Waals surface area contributed by atoms with E-state index in [1.807, 2.05) is 19.1 Å². The summed E-state index contributed by atoms with van der Waals surface area (Å²) in [6.45, 7) is 9.44. The molecule has 0 spiro atoms. The van der Waals surface area contributed by atoms with Crippen molar-refractivity contribution in [1.29, 1.82) is 0 Å². The van der Waals surface area contributed by atoms with Gasteiger partial charge in [0.2, 0.25) is 0 Å². The molecule has 0 saturated carbocycles. The van der Waals surface area contributed by atoms with Crippen molar-refractivity contribution in [2.75, 3.05) is 11.9 Å². The maximum absolute atomic E-state index is 5.41. The third kappa shape index (κ3) is 3.76. The Morgan fingerprint density at radius 2 is 1.75 bits per heavy atom. The van der Waals surface area contributed by atoms with Gasteiger partial charge in [0, 0.05) is 11.7 Å². The predicted molar refractivity (Wildman–Crippen MR) is 70.2 cm³/mol. The first-order valence-corrected chi connectivity index (χ1v) is 6.16. The third-order valence-electron chi connectivity index (χ3n) is 3.06. The minimum Gasteiger partial charge on any atom is -0.494 e. The van der Waals surface area contributed by atoms with E-state index < -0.39 is 0 Å². The lowest BCUT2D eigenvalue weighted by molar-refractivity contribution is 0.340. The summed E-state index contributed by atoms with van der Waals surface area (Å²) in [6.07, 6.45) is 1.20. The summed E-state index contributed by atoms with van der Waals surface area (Å²) in [4.78, 5) is 0. The molecule has 2 nitrogen and oxygen atoms in total. The lowest BCUT2D eigenvalue weighted by Gasteiger charge is -2.21. The van der Waals surface area contributed by atoms with Gasteiger partial charge in [-0.2, -0.15) is 0 Å². The van der Waals surface area contributed by atoms with Crippen molar-refractivity contribution >= 4 is 5.69 Å². The maximum Gasteiger partial charge on any atom is 0.119 e. The number of anilines is 1. The Morgan fingerprint density at radius 3 is 2.25 bits per heavy atom. The molecule has 0 amide bonds. The average Bonchev–Trinajstić information content (AvgIpc) is 2.31. The summed E-state index contributed by atoms with van der Waals surface area (Å²) in [6, 6.07) is 8.67. The highest BCUT2D eigenvalue weighted by Crippen LogP contribution is 2.18. The van der Waals surface area contributed by atoms with E-state index in [4.69, 9.17) is 4.74 Å². The van der Waals surface area contributed by atoms with E-state index in [0.29, 0.717) is 12.0 Å². The van der Waals surface area contributed by atoms with E-state index >= 15 is 0 Å². The smallest absolute Gasteiger partial charge is 0.119 e. The zero-order valence-electron chi connectivity index (χ0n) is 10.8. The zero-order chi connectivity index (χ0) is 12.0. The molecule has 90 valence electrons. The monoisotopic (exact) mass is 221 g/mol. The van der Waals surface area contributed by atoms with Crippen molar-refractivity contribution in [2.24, 2.45) is 5.92 Å². The van der Waals surface area contributed by atoms with Crippen molar-refractivity contribution in [3.8, 4) is 5.75 Å². The van der Waals surface area contributed by atoms with Crippen molar-refractivity contribution in [2.45, 2.75) is 40.2 Å². The predicted octanol–water partition coefficient (Wildman–Crippen LogP) is 3.93. The van der Waals surface area contributed by atoms with Crippen molar-refractivity contribution in [1.82, 2.24) is 0 Å². The summed E-state index contributed by atoms with van der Waals surface area (Å²) in [5.74, 6) is 1.62. The maximum atomic E-state index is 5.41. The summed E-state index contributed by atoms with van der Waals surface area (Å²) < 4.78 is 5.41. The molecular weight excluding hydrogens is 198 g/mol. The standard InChI is InChI=1S/C14H23NO/c1-5-11(3)12(4)15-13-7-9-14(10-8-13)16-6-2/h7-12,15H,5-6H2,1-4H3. The molecule has 1 rings (SSSR count). The molecule has 0 aliphatic carbocycles. The van der Waals surface area contributed by atoms with Gasteiger partial charge in [-0.1, -0.05) is 20.3 Å². The molecule has 0 bridgehead atoms. The highest BCUT2D eigenvalue weighted by atomic mass is 16.5. The van der Waals surface area contributed by atoms with Gasteiger partial charge < -0.3 is 10.1 Å². The van der Waals surface area contributed by atoms with E-state index in [9.17, 15) is 0 Å². The van der Waals surface area contributed by atoms with E-state index in [0.717, 1.165) is 18.0 Å². The minimum absolute atomic E-state index is 0.503. The Hall–Kier alpha value is -1.18. The van der Waals surface area contributed by atoms with Crippen molar-refractivity contribution in [3.05, 3.63) is 24.3 Å². The fourth-order valence-electron chi connectivity index (χ4n) is 1.57. The molecule has 2 heteroatoms. The molecule has 2 unspecified atom stereocenters. The normalized spacial score (nSPS) is 14.2. The van der Waals surface area contributed by atoms with Gasteiger partial charge in [-0.3, -0.25) is 0 Å². The van der Waals surface area contributed by atoms with Gasteiger partial charge in [0.1, 0.15) is 5.75 Å². The zero-order valence-corrected chi connectivity index (χ0v) is 10.8. The Morgan fingerprint density at radius 1 is 1.12 bits per heavy atom. The summed E-state index contributed by atoms with van der Waals surface area (Å²) in [5.41, 5.74) is 1.16. The van der Waals surface area contributed by atoms with E-state index in [2.05, 4.69) is 38.2 Å². The van der Waals surface area contributed by atoms with Gasteiger partial charge in [0.15, 0.2) is 0 Å². The van der Waals surface area contributed by atoms with Gasteiger partial charge in [-0.25, -0.2) is 0 Å². The Kier molecular flexibility index (Phi) is 5.17. The minimum atomic E-state index is 0.503. The van der Waals surface area contributed by atoms with Crippen molar-refractivity contribution < 1.29 is 4.74 Å². The summed E-state index contributed by atoms with van der Waals surface area (Å²) in [7, 11) is 0. The van der Waals surface area contributed by atoms with Gasteiger partial charge >= 0.3 is 0 Å². The molecule has 0 aromatic heterocycles. The van der Waals surface area contributed by atoms with Crippen LogP contribution in [-0.2, 0) is 0 Å². The van der Waals surface area contributed by atoms with E-state index in [1.54, 1.807) is 0 Å². The number of rotatable bonds is 6. The molecular formula is C14H23NO. The molecule has 1 aromatic rings. The number of nitrogens with one attached hydrogen (secondary N) is 1. The van der Waals surface area contributed by atoms with Crippen LogP contribution in [0.4, 0.5) is 5.69 Å². The van der Waals surface area contributed by atoms with Crippen LogP contribution in [0.3, 0.4) is 0 Å². The van der Waals surface area contributed by atoms with Crippen LogP contribution in [0.15, 0.2) is 24.3 Å². The summed E-state index contributed by atoms with van der Waals surface area (Å²) in [5, 5.41) is 3.51. The second-order valence-electron chi connectivity index (χ2n) is 4.28. The van der Waals surface area contributed by atoms with E-state index in [-0.39, 0.29) is 0 Å². The Balaban J connectivity index is 2.54. The van der Waals surface area contributed by atoms with Crippen LogP contribution < -0.4 is 10.1 Å². The highest BCUT2D eigenvalue weighted by Gasteiger charge is 2.09. The molecule has 0 saturated heterocycles. The Bertz CT molecular complexity index is 294. The van der Waals surface area contributed by atoms with E-state index in [1.165, 1.54) is 6.42 Å². The van der Waals surface area contributed by atoms with Crippen molar-refractivity contribution in [3.63, 3.8) is 0 Å². The molecule has 0 fully saturated rings. The molecule has 0 aliphatic heterocycles. The lowest BCUT2D eigenvalue weighted by Crippen LogP contribution is -2.23. The first-order valence-electron chi connectivity index (χ1n) is 6.16. The van der Waals surface area contributed by atoms with Crippen LogP contribution >= 0.6 is 0 Å². The largest absolute Gasteiger partial charge is 0.494 e. The molecule has 0 radical (unpaired) electrons. The van der Waals surface area contributed by atoms with Crippen LogP contribution in [0, 0.1) is 5.92 Å². The van der Waals surface area contributed by atoms with Gasteiger partial charge in [0.25, 0.3) is 0 Å². The molecule has 0 aliphatic rings. The number of ether oxygens (including phenoxy) is 1. The third-order valence-corrected chi connectivity index (χ3v) is 3.06. The first-order chi connectivity index (χ1) is 7.67. The molecule has 2 atom stereocenters. The van der Waals surface area contributed by atoms with Crippen LogP contribution in [-0.4, -0.2) is 12.6 Å². The van der Waals surface area contributed by atoms with Crippen LogP contribution in [0.25, 0.3) is 0 Å². The van der Waals surface area contributed by atoms with Gasteiger partial charge in [-0.05, 0) is 44.0 Å². The van der Waals surface area contributed by atoms with Gasteiger partial charge in [-0.15, -0.1) is 0 Å². The molecule has 0 heterocycles. The molecule has 1 N–H and O–H groups in total. The lowest BCUT2D eigenvalue weighted by atomic mass is 10.0. The first kappa shape index (κ1) is 12.9. The SMILES string of the molecule is CCOc1ccc(NC(C)C(C)CC)cc1. The number of hydrogen-bond acceptors (Lipinski definition) is 2. The topological polar surface area (TPSA) is 21.3 Å². The van der Waals surface area contributed by atoms with Crippen LogP contribution in [0.1, 0.15) is 34.1 Å². The Labute approximate surface area is 99.0 Å². The van der Waals surface area contributed by atoms with Crippen LogP contribution in [0.5, 0.6) is 5.75 Å². The van der Waals surface area contributed by atoms with Crippen LogP contribution in [0.2, 0.25) is 0 Å².